The Morgan fingerprint density at radius 2 is 1.68 bits per heavy atom. The SMILES string of the molecule is CN(C)CCNC(=O)c1cncc(Nc2ccc(Oc3ccccc3)cc2)c1. The predicted octanol–water partition coefficient (Wildman–Crippen LogP) is 3.91. The highest BCUT2D eigenvalue weighted by Gasteiger charge is 2.07. The highest BCUT2D eigenvalue weighted by Crippen LogP contribution is 2.24. The second-order valence-electron chi connectivity index (χ2n) is 6.59. The minimum Gasteiger partial charge on any atom is -0.457 e. The Labute approximate surface area is 165 Å². The van der Waals surface area contributed by atoms with Crippen molar-refractivity contribution in [2.24, 2.45) is 0 Å². The van der Waals surface area contributed by atoms with E-state index in [1.807, 2.05) is 73.6 Å². The number of nitrogens with zero attached hydrogens (tertiary/aromatic N) is 2. The molecule has 0 bridgehead atoms. The average Bonchev–Trinajstić information content (AvgIpc) is 2.70. The first-order valence-electron chi connectivity index (χ1n) is 9.08. The van der Waals surface area contributed by atoms with Gasteiger partial charge in [0.2, 0.25) is 0 Å². The number of para-hydroxylation sites is 1. The summed E-state index contributed by atoms with van der Waals surface area (Å²) in [6.07, 6.45) is 3.25. The third-order valence-electron chi connectivity index (χ3n) is 3.97. The van der Waals surface area contributed by atoms with Crippen LogP contribution in [0.15, 0.2) is 73.1 Å². The number of anilines is 2. The Morgan fingerprint density at radius 3 is 2.39 bits per heavy atom. The maximum absolute atomic E-state index is 12.2. The Kier molecular flexibility index (Phi) is 6.59. The average molecular weight is 376 g/mol. The van der Waals surface area contributed by atoms with Crippen molar-refractivity contribution in [3.8, 4) is 11.5 Å². The molecule has 3 rings (SSSR count). The molecule has 0 fully saturated rings. The van der Waals surface area contributed by atoms with E-state index in [0.29, 0.717) is 12.1 Å². The first-order chi connectivity index (χ1) is 13.6. The fourth-order valence-corrected chi connectivity index (χ4v) is 2.53. The standard InChI is InChI=1S/C22H24N4O2/c1-26(2)13-12-24-22(27)17-14-19(16-23-15-17)25-18-8-10-21(11-9-18)28-20-6-4-3-5-7-20/h3-11,14-16,25H,12-13H2,1-2H3,(H,24,27). The third kappa shape index (κ3) is 5.82. The Morgan fingerprint density at radius 1 is 0.964 bits per heavy atom. The van der Waals surface area contributed by atoms with Crippen LogP contribution in [-0.4, -0.2) is 43.0 Å². The minimum absolute atomic E-state index is 0.135. The summed E-state index contributed by atoms with van der Waals surface area (Å²) in [4.78, 5) is 18.4. The monoisotopic (exact) mass is 376 g/mol. The Hall–Kier alpha value is -3.38. The number of carbonyl (C=O) groups is 1. The van der Waals surface area contributed by atoms with Gasteiger partial charge in [-0.05, 0) is 56.6 Å². The molecule has 2 N–H and O–H groups in total. The van der Waals surface area contributed by atoms with Crippen LogP contribution in [0.4, 0.5) is 11.4 Å². The van der Waals surface area contributed by atoms with E-state index >= 15 is 0 Å². The van der Waals surface area contributed by atoms with E-state index in [0.717, 1.165) is 29.4 Å². The van der Waals surface area contributed by atoms with Crippen LogP contribution in [0.5, 0.6) is 11.5 Å². The number of hydrogen-bond donors (Lipinski definition) is 2. The van der Waals surface area contributed by atoms with Crippen molar-refractivity contribution in [2.75, 3.05) is 32.5 Å². The van der Waals surface area contributed by atoms with Gasteiger partial charge in [-0.3, -0.25) is 9.78 Å². The zero-order valence-electron chi connectivity index (χ0n) is 16.1. The minimum atomic E-state index is -0.135. The molecule has 144 valence electrons. The highest BCUT2D eigenvalue weighted by molar-refractivity contribution is 5.94. The Bertz CT molecular complexity index is 896. The predicted molar refractivity (Wildman–Crippen MR) is 111 cm³/mol. The van der Waals surface area contributed by atoms with Crippen LogP contribution in [0.1, 0.15) is 10.4 Å². The van der Waals surface area contributed by atoms with Gasteiger partial charge < -0.3 is 20.3 Å². The van der Waals surface area contributed by atoms with E-state index in [2.05, 4.69) is 15.6 Å². The van der Waals surface area contributed by atoms with Gasteiger partial charge in [0, 0.05) is 25.0 Å². The lowest BCUT2D eigenvalue weighted by atomic mass is 10.2. The third-order valence-corrected chi connectivity index (χ3v) is 3.97. The number of rotatable bonds is 8. The molecule has 0 saturated heterocycles. The molecule has 2 aromatic carbocycles. The second kappa shape index (κ2) is 9.53. The number of hydrogen-bond acceptors (Lipinski definition) is 5. The molecule has 6 heteroatoms. The smallest absolute Gasteiger partial charge is 0.252 e. The van der Waals surface area contributed by atoms with Gasteiger partial charge in [-0.2, -0.15) is 0 Å². The van der Waals surface area contributed by atoms with Crippen LogP contribution in [-0.2, 0) is 0 Å². The highest BCUT2D eigenvalue weighted by atomic mass is 16.5. The summed E-state index contributed by atoms with van der Waals surface area (Å²) in [5.74, 6) is 1.41. The van der Waals surface area contributed by atoms with E-state index in [4.69, 9.17) is 4.74 Å². The molecule has 0 aliphatic heterocycles. The van der Waals surface area contributed by atoms with Gasteiger partial charge in [-0.1, -0.05) is 18.2 Å². The normalized spacial score (nSPS) is 10.5. The molecule has 0 atom stereocenters. The number of pyridine rings is 1. The maximum atomic E-state index is 12.2. The molecule has 0 spiro atoms. The van der Waals surface area contributed by atoms with E-state index < -0.39 is 0 Å². The van der Waals surface area contributed by atoms with Gasteiger partial charge in [-0.25, -0.2) is 0 Å². The molecule has 28 heavy (non-hydrogen) atoms. The first-order valence-corrected chi connectivity index (χ1v) is 9.08. The molecule has 1 aromatic heterocycles. The second-order valence-corrected chi connectivity index (χ2v) is 6.59. The van der Waals surface area contributed by atoms with Gasteiger partial charge in [0.25, 0.3) is 5.91 Å². The van der Waals surface area contributed by atoms with Crippen molar-refractivity contribution >= 4 is 17.3 Å². The summed E-state index contributed by atoms with van der Waals surface area (Å²) in [5, 5.41) is 6.15. The summed E-state index contributed by atoms with van der Waals surface area (Å²) in [7, 11) is 3.93. The summed E-state index contributed by atoms with van der Waals surface area (Å²) in [5.41, 5.74) is 2.15. The molecule has 6 nitrogen and oxygen atoms in total. The Balaban J connectivity index is 1.60. The van der Waals surface area contributed by atoms with Crippen molar-refractivity contribution in [1.29, 1.82) is 0 Å². The molecule has 0 radical (unpaired) electrons. The van der Waals surface area contributed by atoms with Crippen molar-refractivity contribution in [2.45, 2.75) is 0 Å². The molecule has 0 saturated carbocycles. The number of carbonyl (C=O) groups excluding carboxylic acids is 1. The maximum Gasteiger partial charge on any atom is 0.252 e. The molecule has 3 aromatic rings. The summed E-state index contributed by atoms with van der Waals surface area (Å²) < 4.78 is 5.79. The molecule has 0 aliphatic rings. The molecular weight excluding hydrogens is 352 g/mol. The number of benzene rings is 2. The van der Waals surface area contributed by atoms with Crippen LogP contribution in [0.25, 0.3) is 0 Å². The fraction of sp³-hybridized carbons (Fsp3) is 0.182. The van der Waals surface area contributed by atoms with Gasteiger partial charge >= 0.3 is 0 Å². The topological polar surface area (TPSA) is 66.5 Å². The number of amides is 1. The van der Waals surface area contributed by atoms with Crippen LogP contribution in [0.3, 0.4) is 0 Å². The molecule has 0 aliphatic carbocycles. The van der Waals surface area contributed by atoms with Crippen molar-refractivity contribution in [3.63, 3.8) is 0 Å². The van der Waals surface area contributed by atoms with Gasteiger partial charge in [0.15, 0.2) is 0 Å². The molecule has 1 amide bonds. The van der Waals surface area contributed by atoms with Gasteiger partial charge in [-0.15, -0.1) is 0 Å². The molecule has 1 heterocycles. The van der Waals surface area contributed by atoms with Crippen LogP contribution in [0, 0.1) is 0 Å². The van der Waals surface area contributed by atoms with E-state index in [1.165, 1.54) is 0 Å². The van der Waals surface area contributed by atoms with Crippen molar-refractivity contribution < 1.29 is 9.53 Å². The van der Waals surface area contributed by atoms with Crippen molar-refractivity contribution in [3.05, 3.63) is 78.6 Å². The van der Waals surface area contributed by atoms with E-state index in [1.54, 1.807) is 18.5 Å². The lowest BCUT2D eigenvalue weighted by Gasteiger charge is -2.11. The fourth-order valence-electron chi connectivity index (χ4n) is 2.53. The quantitative estimate of drug-likeness (QED) is 0.624. The number of nitrogens with one attached hydrogen (secondary N) is 2. The largest absolute Gasteiger partial charge is 0.457 e. The number of ether oxygens (including phenoxy) is 1. The lowest BCUT2D eigenvalue weighted by molar-refractivity contribution is 0.0950. The van der Waals surface area contributed by atoms with E-state index in [9.17, 15) is 4.79 Å². The summed E-state index contributed by atoms with van der Waals surface area (Å²) in [6.45, 7) is 1.38. The van der Waals surface area contributed by atoms with Crippen molar-refractivity contribution in [1.82, 2.24) is 15.2 Å². The van der Waals surface area contributed by atoms with E-state index in [-0.39, 0.29) is 5.91 Å². The van der Waals surface area contributed by atoms with Crippen LogP contribution in [0.2, 0.25) is 0 Å². The zero-order chi connectivity index (χ0) is 19.8. The van der Waals surface area contributed by atoms with Crippen LogP contribution >= 0.6 is 0 Å². The van der Waals surface area contributed by atoms with Gasteiger partial charge in [0.05, 0.1) is 17.4 Å². The molecule has 0 unspecified atom stereocenters. The number of aromatic nitrogens is 1. The zero-order valence-corrected chi connectivity index (χ0v) is 16.1. The summed E-state index contributed by atoms with van der Waals surface area (Å²) in [6, 6.07) is 19.0. The van der Waals surface area contributed by atoms with Gasteiger partial charge in [0.1, 0.15) is 11.5 Å². The number of likely N-dealkylation sites (N-methyl/N-ethyl adjacent to an activating group) is 1. The molecular formula is C22H24N4O2. The first kappa shape index (κ1) is 19.4. The van der Waals surface area contributed by atoms with Crippen LogP contribution < -0.4 is 15.4 Å². The summed E-state index contributed by atoms with van der Waals surface area (Å²) >= 11 is 0. The lowest BCUT2D eigenvalue weighted by Crippen LogP contribution is -2.31.